The molecule has 0 radical (unpaired) electrons. The molecule has 1 unspecified atom stereocenters. The van der Waals surface area contributed by atoms with Crippen molar-refractivity contribution in [3.05, 3.63) is 52.9 Å². The molecule has 1 aliphatic rings. The molecule has 1 aromatic heterocycles. The SMILES string of the molecule is CCC1CCCCN1c1cnc(C(=O)NCCc2cccc(Cl)c2)cn1. The van der Waals surface area contributed by atoms with E-state index in [4.69, 9.17) is 11.6 Å². The number of nitrogens with zero attached hydrogens (tertiary/aromatic N) is 3. The molecule has 0 bridgehead atoms. The first kappa shape index (κ1) is 18.6. The largest absolute Gasteiger partial charge is 0.352 e. The number of aromatic nitrogens is 2. The maximum atomic E-state index is 12.3. The minimum absolute atomic E-state index is 0.197. The number of piperidine rings is 1. The van der Waals surface area contributed by atoms with E-state index in [1.54, 1.807) is 12.4 Å². The van der Waals surface area contributed by atoms with Gasteiger partial charge in [-0.1, -0.05) is 30.7 Å². The van der Waals surface area contributed by atoms with Crippen LogP contribution in [0.25, 0.3) is 0 Å². The molecular formula is C20H25ClN4O. The van der Waals surface area contributed by atoms with Gasteiger partial charge in [-0.15, -0.1) is 0 Å². The van der Waals surface area contributed by atoms with Crippen LogP contribution in [0.1, 0.15) is 48.7 Å². The molecular weight excluding hydrogens is 348 g/mol. The van der Waals surface area contributed by atoms with Crippen molar-refractivity contribution in [2.45, 2.75) is 45.1 Å². The first-order valence-corrected chi connectivity index (χ1v) is 9.66. The van der Waals surface area contributed by atoms with Gasteiger partial charge in [-0.05, 0) is 49.8 Å². The van der Waals surface area contributed by atoms with Gasteiger partial charge in [0.2, 0.25) is 0 Å². The predicted octanol–water partition coefficient (Wildman–Crippen LogP) is 3.87. The van der Waals surface area contributed by atoms with E-state index in [1.165, 1.54) is 19.3 Å². The highest BCUT2D eigenvalue weighted by molar-refractivity contribution is 6.30. The number of carbonyl (C=O) groups is 1. The Morgan fingerprint density at radius 3 is 2.92 bits per heavy atom. The first-order chi connectivity index (χ1) is 12.7. The third-order valence-electron chi connectivity index (χ3n) is 4.85. The number of carbonyl (C=O) groups excluding carboxylic acids is 1. The molecule has 6 heteroatoms. The van der Waals surface area contributed by atoms with Gasteiger partial charge in [0.05, 0.1) is 12.4 Å². The number of rotatable bonds is 6. The van der Waals surface area contributed by atoms with Crippen LogP contribution < -0.4 is 10.2 Å². The highest BCUT2D eigenvalue weighted by Crippen LogP contribution is 2.24. The van der Waals surface area contributed by atoms with E-state index >= 15 is 0 Å². The van der Waals surface area contributed by atoms with Gasteiger partial charge >= 0.3 is 0 Å². The van der Waals surface area contributed by atoms with Crippen LogP contribution in [-0.4, -0.2) is 35.0 Å². The van der Waals surface area contributed by atoms with E-state index in [1.807, 2.05) is 24.3 Å². The maximum absolute atomic E-state index is 12.3. The Hall–Kier alpha value is -2.14. The molecule has 3 rings (SSSR count). The monoisotopic (exact) mass is 372 g/mol. The summed E-state index contributed by atoms with van der Waals surface area (Å²) in [5.41, 5.74) is 1.44. The third kappa shape index (κ3) is 4.73. The fraction of sp³-hybridized carbons (Fsp3) is 0.450. The Bertz CT molecular complexity index is 735. The normalized spacial score (nSPS) is 17.2. The van der Waals surface area contributed by atoms with Gasteiger partial charge < -0.3 is 10.2 Å². The fourth-order valence-electron chi connectivity index (χ4n) is 3.42. The van der Waals surface area contributed by atoms with Crippen LogP contribution in [0.3, 0.4) is 0 Å². The average Bonchev–Trinajstić information content (AvgIpc) is 2.68. The second-order valence-electron chi connectivity index (χ2n) is 6.65. The summed E-state index contributed by atoms with van der Waals surface area (Å²) in [5.74, 6) is 0.670. The highest BCUT2D eigenvalue weighted by Gasteiger charge is 2.22. The van der Waals surface area contributed by atoms with E-state index in [9.17, 15) is 4.79 Å². The molecule has 0 aliphatic carbocycles. The summed E-state index contributed by atoms with van der Waals surface area (Å²) < 4.78 is 0. The van der Waals surface area contributed by atoms with Gasteiger partial charge in [0.1, 0.15) is 11.5 Å². The molecule has 2 aromatic rings. The number of nitrogens with one attached hydrogen (secondary N) is 1. The molecule has 26 heavy (non-hydrogen) atoms. The molecule has 1 saturated heterocycles. The lowest BCUT2D eigenvalue weighted by molar-refractivity contribution is 0.0949. The summed E-state index contributed by atoms with van der Waals surface area (Å²) in [6.07, 6.45) is 8.78. The molecule has 2 heterocycles. The van der Waals surface area contributed by atoms with Gasteiger partial charge in [0.25, 0.3) is 5.91 Å². The first-order valence-electron chi connectivity index (χ1n) is 9.28. The van der Waals surface area contributed by atoms with Crippen molar-refractivity contribution in [3.63, 3.8) is 0 Å². The highest BCUT2D eigenvalue weighted by atomic mass is 35.5. The number of amides is 1. The maximum Gasteiger partial charge on any atom is 0.271 e. The summed E-state index contributed by atoms with van der Waals surface area (Å²) in [4.78, 5) is 23.4. The second-order valence-corrected chi connectivity index (χ2v) is 7.08. The standard InChI is InChI=1S/C20H25ClN4O/c1-2-17-8-3-4-11-25(17)19-14-23-18(13-24-19)20(26)22-10-9-15-6-5-7-16(21)12-15/h5-7,12-14,17H,2-4,8-11H2,1H3,(H,22,26). The molecule has 1 atom stereocenters. The molecule has 0 saturated carbocycles. The van der Waals surface area contributed by atoms with Crippen molar-refractivity contribution in [1.82, 2.24) is 15.3 Å². The zero-order valence-corrected chi connectivity index (χ0v) is 15.9. The van der Waals surface area contributed by atoms with Crippen LogP contribution in [0.5, 0.6) is 0 Å². The summed E-state index contributed by atoms with van der Waals surface area (Å²) >= 11 is 5.97. The van der Waals surface area contributed by atoms with Crippen molar-refractivity contribution >= 4 is 23.3 Å². The van der Waals surface area contributed by atoms with Crippen LogP contribution in [-0.2, 0) is 6.42 Å². The molecule has 1 fully saturated rings. The molecule has 1 amide bonds. The number of hydrogen-bond donors (Lipinski definition) is 1. The van der Waals surface area contributed by atoms with Crippen LogP contribution in [0.4, 0.5) is 5.82 Å². The van der Waals surface area contributed by atoms with E-state index < -0.39 is 0 Å². The van der Waals surface area contributed by atoms with E-state index in [0.717, 1.165) is 30.8 Å². The zero-order chi connectivity index (χ0) is 18.4. The second kappa shape index (κ2) is 8.99. The molecule has 5 nitrogen and oxygen atoms in total. The Labute approximate surface area is 159 Å². The molecule has 1 N–H and O–H groups in total. The number of benzene rings is 1. The number of halogens is 1. The zero-order valence-electron chi connectivity index (χ0n) is 15.1. The smallest absolute Gasteiger partial charge is 0.271 e. The third-order valence-corrected chi connectivity index (χ3v) is 5.09. The lowest BCUT2D eigenvalue weighted by atomic mass is 10.0. The number of anilines is 1. The molecule has 1 aliphatic heterocycles. The lowest BCUT2D eigenvalue weighted by Gasteiger charge is -2.35. The van der Waals surface area contributed by atoms with Crippen LogP contribution in [0.2, 0.25) is 5.02 Å². The van der Waals surface area contributed by atoms with Gasteiger partial charge in [0, 0.05) is 24.2 Å². The molecule has 0 spiro atoms. The summed E-state index contributed by atoms with van der Waals surface area (Å²) in [7, 11) is 0. The lowest BCUT2D eigenvalue weighted by Crippen LogP contribution is -2.39. The van der Waals surface area contributed by atoms with E-state index in [0.29, 0.717) is 23.3 Å². The topological polar surface area (TPSA) is 58.1 Å². The summed E-state index contributed by atoms with van der Waals surface area (Å²) in [6, 6.07) is 8.18. The van der Waals surface area contributed by atoms with Crippen molar-refractivity contribution in [2.75, 3.05) is 18.0 Å². The fourth-order valence-corrected chi connectivity index (χ4v) is 3.63. The Morgan fingerprint density at radius 2 is 2.19 bits per heavy atom. The van der Waals surface area contributed by atoms with E-state index in [-0.39, 0.29) is 5.91 Å². The van der Waals surface area contributed by atoms with Crippen LogP contribution in [0, 0.1) is 0 Å². The summed E-state index contributed by atoms with van der Waals surface area (Å²) in [5, 5.41) is 3.59. The van der Waals surface area contributed by atoms with Gasteiger partial charge in [0.15, 0.2) is 0 Å². The van der Waals surface area contributed by atoms with Crippen molar-refractivity contribution in [3.8, 4) is 0 Å². The summed E-state index contributed by atoms with van der Waals surface area (Å²) in [6.45, 7) is 3.75. The van der Waals surface area contributed by atoms with Crippen molar-refractivity contribution < 1.29 is 4.79 Å². The van der Waals surface area contributed by atoms with Gasteiger partial charge in [-0.3, -0.25) is 4.79 Å². The van der Waals surface area contributed by atoms with Crippen molar-refractivity contribution in [1.29, 1.82) is 0 Å². The molecule has 138 valence electrons. The minimum atomic E-state index is -0.197. The Morgan fingerprint density at radius 1 is 1.31 bits per heavy atom. The Balaban J connectivity index is 1.55. The van der Waals surface area contributed by atoms with Crippen LogP contribution >= 0.6 is 11.6 Å². The Kier molecular flexibility index (Phi) is 6.45. The minimum Gasteiger partial charge on any atom is -0.352 e. The number of hydrogen-bond acceptors (Lipinski definition) is 4. The predicted molar refractivity (Wildman–Crippen MR) is 105 cm³/mol. The van der Waals surface area contributed by atoms with Crippen LogP contribution in [0.15, 0.2) is 36.7 Å². The van der Waals surface area contributed by atoms with Crippen molar-refractivity contribution in [2.24, 2.45) is 0 Å². The molecule has 1 aromatic carbocycles. The quantitative estimate of drug-likeness (QED) is 0.836. The van der Waals surface area contributed by atoms with Gasteiger partial charge in [-0.25, -0.2) is 9.97 Å². The van der Waals surface area contributed by atoms with Gasteiger partial charge in [-0.2, -0.15) is 0 Å². The average molecular weight is 373 g/mol. The van der Waals surface area contributed by atoms with E-state index in [2.05, 4.69) is 27.1 Å².